The van der Waals surface area contributed by atoms with E-state index >= 15 is 0 Å². The molecular formula is C19H19F2N3O. The normalized spacial score (nSPS) is 25.0. The number of guanidine groups is 1. The van der Waals surface area contributed by atoms with Crippen LogP contribution < -0.4 is 15.8 Å². The Labute approximate surface area is 144 Å². The smallest absolute Gasteiger partial charge is 0.189 e. The van der Waals surface area contributed by atoms with Gasteiger partial charge in [0.1, 0.15) is 17.4 Å². The van der Waals surface area contributed by atoms with Gasteiger partial charge in [0.25, 0.3) is 0 Å². The molecule has 0 bridgehead atoms. The number of aliphatic imine (C=N–C) groups is 1. The predicted molar refractivity (Wildman–Crippen MR) is 91.6 cm³/mol. The minimum absolute atomic E-state index is 0.0696. The standard InChI is InChI=1S/C19H19F2N3O/c20-13-5-3-6-14(21)18(13)12-10-16(12)24-19(22)23-15-8-9-25-17-7-2-1-4-11(15)17/h1-7,12,15-16H,8-10H2,(H3,22,23,24). The Morgan fingerprint density at radius 3 is 2.68 bits per heavy atom. The maximum Gasteiger partial charge on any atom is 0.189 e. The second kappa shape index (κ2) is 6.35. The quantitative estimate of drug-likeness (QED) is 0.664. The van der Waals surface area contributed by atoms with E-state index in [1.165, 1.54) is 18.2 Å². The SMILES string of the molecule is NC(=NC1CCOc2ccccc21)NC1CC1c1c(F)cccc1F. The Bertz CT molecular complexity index is 804. The maximum absolute atomic E-state index is 13.8. The van der Waals surface area contributed by atoms with E-state index in [0.717, 1.165) is 17.7 Å². The molecule has 1 aliphatic heterocycles. The summed E-state index contributed by atoms with van der Waals surface area (Å²) in [6, 6.07) is 11.5. The fourth-order valence-corrected chi connectivity index (χ4v) is 3.39. The van der Waals surface area contributed by atoms with Crippen molar-refractivity contribution in [1.29, 1.82) is 0 Å². The number of nitrogens with zero attached hydrogens (tertiary/aromatic N) is 1. The first kappa shape index (κ1) is 15.9. The van der Waals surface area contributed by atoms with Crippen LogP contribution >= 0.6 is 0 Å². The number of halogens is 2. The van der Waals surface area contributed by atoms with Gasteiger partial charge in [-0.3, -0.25) is 0 Å². The lowest BCUT2D eigenvalue weighted by Crippen LogP contribution is -2.35. The Hall–Kier alpha value is -2.63. The molecule has 2 aliphatic rings. The molecule has 0 spiro atoms. The van der Waals surface area contributed by atoms with Crippen molar-refractivity contribution in [2.24, 2.45) is 10.7 Å². The molecule has 3 N–H and O–H groups in total. The lowest BCUT2D eigenvalue weighted by Gasteiger charge is -2.23. The monoisotopic (exact) mass is 343 g/mol. The van der Waals surface area contributed by atoms with Crippen LogP contribution in [-0.4, -0.2) is 18.6 Å². The lowest BCUT2D eigenvalue weighted by atomic mass is 10.0. The molecule has 2 aromatic carbocycles. The van der Waals surface area contributed by atoms with Crippen LogP contribution in [0.5, 0.6) is 5.75 Å². The molecule has 0 aromatic heterocycles. The van der Waals surface area contributed by atoms with Gasteiger partial charge in [0.15, 0.2) is 5.96 Å². The van der Waals surface area contributed by atoms with Gasteiger partial charge >= 0.3 is 0 Å². The highest BCUT2D eigenvalue weighted by Gasteiger charge is 2.42. The molecule has 1 fully saturated rings. The van der Waals surface area contributed by atoms with Crippen LogP contribution in [-0.2, 0) is 0 Å². The third-order valence-electron chi connectivity index (χ3n) is 4.72. The summed E-state index contributed by atoms with van der Waals surface area (Å²) in [5, 5.41) is 3.09. The molecule has 4 rings (SSSR count). The maximum atomic E-state index is 13.8. The van der Waals surface area contributed by atoms with Gasteiger partial charge in [-0.15, -0.1) is 0 Å². The highest BCUT2D eigenvalue weighted by Crippen LogP contribution is 2.43. The molecule has 0 radical (unpaired) electrons. The van der Waals surface area contributed by atoms with Crippen molar-refractivity contribution in [3.8, 4) is 5.75 Å². The molecule has 1 saturated carbocycles. The fourth-order valence-electron chi connectivity index (χ4n) is 3.39. The van der Waals surface area contributed by atoms with Crippen molar-refractivity contribution in [2.45, 2.75) is 30.8 Å². The second-order valence-electron chi connectivity index (χ2n) is 6.43. The predicted octanol–water partition coefficient (Wildman–Crippen LogP) is 3.25. The Morgan fingerprint density at radius 1 is 1.12 bits per heavy atom. The summed E-state index contributed by atoms with van der Waals surface area (Å²) in [4.78, 5) is 4.55. The molecule has 1 aliphatic carbocycles. The van der Waals surface area contributed by atoms with E-state index in [-0.39, 0.29) is 23.6 Å². The van der Waals surface area contributed by atoms with E-state index in [2.05, 4.69) is 10.3 Å². The zero-order valence-corrected chi connectivity index (χ0v) is 13.6. The molecule has 130 valence electrons. The number of fused-ring (bicyclic) bond motifs is 1. The van der Waals surface area contributed by atoms with Gasteiger partial charge in [-0.25, -0.2) is 13.8 Å². The fraction of sp³-hybridized carbons (Fsp3) is 0.316. The van der Waals surface area contributed by atoms with Gasteiger partial charge < -0.3 is 15.8 Å². The third-order valence-corrected chi connectivity index (χ3v) is 4.72. The summed E-state index contributed by atoms with van der Waals surface area (Å²) in [5.41, 5.74) is 7.16. The van der Waals surface area contributed by atoms with Crippen LogP contribution in [0, 0.1) is 11.6 Å². The lowest BCUT2D eigenvalue weighted by molar-refractivity contribution is 0.269. The Kier molecular flexibility index (Phi) is 4.03. The number of benzene rings is 2. The number of hydrogen-bond acceptors (Lipinski definition) is 2. The molecule has 2 aromatic rings. The number of nitrogens with one attached hydrogen (secondary N) is 1. The van der Waals surface area contributed by atoms with Crippen LogP contribution in [0.25, 0.3) is 0 Å². The summed E-state index contributed by atoms with van der Waals surface area (Å²) in [6.07, 6.45) is 1.38. The summed E-state index contributed by atoms with van der Waals surface area (Å²) < 4.78 is 33.3. The van der Waals surface area contributed by atoms with E-state index in [1.807, 2.05) is 24.3 Å². The highest BCUT2D eigenvalue weighted by molar-refractivity contribution is 5.79. The van der Waals surface area contributed by atoms with Crippen LogP contribution in [0.2, 0.25) is 0 Å². The molecule has 4 nitrogen and oxygen atoms in total. The van der Waals surface area contributed by atoms with E-state index in [0.29, 0.717) is 19.0 Å². The molecule has 25 heavy (non-hydrogen) atoms. The zero-order chi connectivity index (χ0) is 17.4. The number of rotatable bonds is 3. The molecule has 0 saturated heterocycles. The van der Waals surface area contributed by atoms with Gasteiger partial charge in [0.2, 0.25) is 0 Å². The number of para-hydroxylation sites is 1. The van der Waals surface area contributed by atoms with Gasteiger partial charge in [0.05, 0.1) is 12.6 Å². The van der Waals surface area contributed by atoms with Crippen molar-refractivity contribution >= 4 is 5.96 Å². The van der Waals surface area contributed by atoms with Crippen molar-refractivity contribution in [3.05, 3.63) is 65.2 Å². The molecule has 3 unspecified atom stereocenters. The van der Waals surface area contributed by atoms with Crippen LogP contribution in [0.3, 0.4) is 0 Å². The molecule has 1 heterocycles. The second-order valence-corrected chi connectivity index (χ2v) is 6.43. The highest BCUT2D eigenvalue weighted by atomic mass is 19.1. The Morgan fingerprint density at radius 2 is 1.88 bits per heavy atom. The van der Waals surface area contributed by atoms with E-state index < -0.39 is 11.6 Å². The van der Waals surface area contributed by atoms with Crippen molar-refractivity contribution in [1.82, 2.24) is 5.32 Å². The zero-order valence-electron chi connectivity index (χ0n) is 13.6. The van der Waals surface area contributed by atoms with Crippen molar-refractivity contribution in [3.63, 3.8) is 0 Å². The average molecular weight is 343 g/mol. The molecule has 6 heteroatoms. The minimum atomic E-state index is -0.511. The first-order valence-corrected chi connectivity index (χ1v) is 8.39. The largest absolute Gasteiger partial charge is 0.493 e. The van der Waals surface area contributed by atoms with E-state index in [1.54, 1.807) is 0 Å². The topological polar surface area (TPSA) is 59.6 Å². The minimum Gasteiger partial charge on any atom is -0.493 e. The first-order valence-electron chi connectivity index (χ1n) is 8.39. The van der Waals surface area contributed by atoms with Gasteiger partial charge in [-0.2, -0.15) is 0 Å². The molecular weight excluding hydrogens is 324 g/mol. The summed E-state index contributed by atoms with van der Waals surface area (Å²) in [5.74, 6) is -0.109. The third kappa shape index (κ3) is 3.16. The molecule has 0 amide bonds. The number of ether oxygens (including phenoxy) is 1. The summed E-state index contributed by atoms with van der Waals surface area (Å²) in [6.45, 7) is 0.588. The van der Waals surface area contributed by atoms with E-state index in [9.17, 15) is 8.78 Å². The number of hydrogen-bond donors (Lipinski definition) is 2. The molecule has 3 atom stereocenters. The van der Waals surface area contributed by atoms with Crippen LogP contribution in [0.1, 0.15) is 35.9 Å². The van der Waals surface area contributed by atoms with Gasteiger partial charge in [-0.1, -0.05) is 24.3 Å². The van der Waals surface area contributed by atoms with Crippen LogP contribution in [0.4, 0.5) is 8.78 Å². The first-order chi connectivity index (χ1) is 12.1. The van der Waals surface area contributed by atoms with Crippen molar-refractivity contribution < 1.29 is 13.5 Å². The van der Waals surface area contributed by atoms with Gasteiger partial charge in [0, 0.05) is 29.5 Å². The van der Waals surface area contributed by atoms with Crippen LogP contribution in [0.15, 0.2) is 47.5 Å². The Balaban J connectivity index is 1.46. The van der Waals surface area contributed by atoms with Gasteiger partial charge in [-0.05, 0) is 24.6 Å². The number of nitrogens with two attached hydrogens (primary N) is 1. The van der Waals surface area contributed by atoms with E-state index in [4.69, 9.17) is 10.5 Å². The average Bonchev–Trinajstić information content (AvgIpc) is 3.33. The summed E-state index contributed by atoms with van der Waals surface area (Å²) >= 11 is 0. The summed E-state index contributed by atoms with van der Waals surface area (Å²) in [7, 11) is 0. The van der Waals surface area contributed by atoms with Crippen molar-refractivity contribution in [2.75, 3.05) is 6.61 Å².